The predicted molar refractivity (Wildman–Crippen MR) is 257 cm³/mol. The standard InChI is InChI=1S/C52H61FN6O6S/c1-32-20-23-38(29-41(32)47(61)56-33(2)39-17-12-15-35-14-9-10-16-40(35)39)57-44(60)19-8-7-11-27-65-43-28-36(45-34(3)55-31-66-45)21-22-37(43)30-54-48(62)42-18-13-26-59(42)49(63)46(51(4,5)6)58-50(64)52(53)24-25-52/h9-10,12,14-17,20-23,28-29,31,33,42,46H,7-8,11,13,18-19,24-27,30H2,1-6H3,(H,54,62)(H,56,61)(H,57,60)(H,58,64). The van der Waals surface area contributed by atoms with Crippen molar-refractivity contribution >= 4 is 57.3 Å². The molecule has 348 valence electrons. The number of nitrogens with one attached hydrogen (secondary N) is 4. The third-order valence-electron chi connectivity index (χ3n) is 12.6. The van der Waals surface area contributed by atoms with E-state index in [2.05, 4.69) is 44.5 Å². The number of unbranched alkanes of at least 4 members (excludes halogenated alkanes) is 2. The number of amides is 5. The van der Waals surface area contributed by atoms with Gasteiger partial charge in [-0.1, -0.05) is 81.4 Å². The van der Waals surface area contributed by atoms with Gasteiger partial charge < -0.3 is 30.9 Å². The third kappa shape index (κ3) is 11.4. The van der Waals surface area contributed by atoms with Crippen molar-refractivity contribution in [3.63, 3.8) is 0 Å². The van der Waals surface area contributed by atoms with Crippen LogP contribution in [0.2, 0.25) is 0 Å². The number of anilines is 1. The molecule has 3 atom stereocenters. The monoisotopic (exact) mass is 916 g/mol. The van der Waals surface area contributed by atoms with Gasteiger partial charge in [0.15, 0.2) is 5.67 Å². The first-order chi connectivity index (χ1) is 31.5. The highest BCUT2D eigenvalue weighted by atomic mass is 32.1. The number of benzene rings is 4. The van der Waals surface area contributed by atoms with Gasteiger partial charge in [0.25, 0.3) is 11.8 Å². The maximum absolute atomic E-state index is 14.6. The van der Waals surface area contributed by atoms with Crippen LogP contribution >= 0.6 is 11.3 Å². The van der Waals surface area contributed by atoms with Crippen molar-refractivity contribution in [2.75, 3.05) is 18.5 Å². The van der Waals surface area contributed by atoms with Gasteiger partial charge in [0.2, 0.25) is 17.7 Å². The number of thiazole rings is 1. The molecule has 1 aliphatic carbocycles. The fraction of sp³-hybridized carbons (Fsp3) is 0.423. The molecule has 0 spiro atoms. The van der Waals surface area contributed by atoms with Crippen LogP contribution in [0, 0.1) is 19.3 Å². The molecule has 2 aliphatic rings. The summed E-state index contributed by atoms with van der Waals surface area (Å²) in [4.78, 5) is 73.8. The maximum atomic E-state index is 14.6. The molecule has 0 bridgehead atoms. The van der Waals surface area contributed by atoms with Gasteiger partial charge in [0, 0.05) is 36.3 Å². The quantitative estimate of drug-likeness (QED) is 0.0638. The number of alkyl halides is 1. The van der Waals surface area contributed by atoms with E-state index >= 15 is 0 Å². The molecular weight excluding hydrogens is 856 g/mol. The van der Waals surface area contributed by atoms with E-state index in [1.807, 2.05) is 90.1 Å². The Morgan fingerprint density at radius 2 is 1.71 bits per heavy atom. The lowest BCUT2D eigenvalue weighted by Gasteiger charge is -2.35. The molecule has 7 rings (SSSR count). The molecule has 1 aliphatic heterocycles. The average molecular weight is 917 g/mol. The Balaban J connectivity index is 0.910. The topological polar surface area (TPSA) is 159 Å². The van der Waals surface area contributed by atoms with Gasteiger partial charge >= 0.3 is 0 Å². The lowest BCUT2D eigenvalue weighted by Crippen LogP contribution is -2.58. The fourth-order valence-corrected chi connectivity index (χ4v) is 9.27. The Morgan fingerprint density at radius 1 is 0.939 bits per heavy atom. The van der Waals surface area contributed by atoms with E-state index in [1.54, 1.807) is 17.6 Å². The Labute approximate surface area is 390 Å². The number of likely N-dealkylation sites (tertiary alicyclic amines) is 1. The predicted octanol–water partition coefficient (Wildman–Crippen LogP) is 9.29. The molecule has 0 radical (unpaired) electrons. The van der Waals surface area contributed by atoms with Crippen LogP contribution in [0.25, 0.3) is 21.2 Å². The van der Waals surface area contributed by atoms with E-state index in [1.165, 1.54) is 16.2 Å². The zero-order chi connectivity index (χ0) is 47.2. The molecule has 4 aromatic carbocycles. The summed E-state index contributed by atoms with van der Waals surface area (Å²) in [6.07, 6.45) is 3.71. The highest BCUT2D eigenvalue weighted by Gasteiger charge is 2.53. The van der Waals surface area contributed by atoms with Crippen LogP contribution in [0.15, 0.2) is 84.4 Å². The minimum Gasteiger partial charge on any atom is -0.493 e. The number of carbonyl (C=O) groups is 5. The molecule has 2 fully saturated rings. The molecule has 1 aromatic heterocycles. The zero-order valence-electron chi connectivity index (χ0n) is 38.7. The number of ether oxygens (including phenoxy) is 1. The van der Waals surface area contributed by atoms with Gasteiger partial charge in [0.1, 0.15) is 17.8 Å². The number of hydrogen-bond acceptors (Lipinski definition) is 8. The maximum Gasteiger partial charge on any atom is 0.258 e. The largest absolute Gasteiger partial charge is 0.493 e. The summed E-state index contributed by atoms with van der Waals surface area (Å²) in [5.74, 6) is -1.23. The molecule has 66 heavy (non-hydrogen) atoms. The van der Waals surface area contributed by atoms with Crippen LogP contribution in [-0.4, -0.2) is 70.3 Å². The number of nitrogens with zero attached hydrogens (tertiary/aromatic N) is 2. The van der Waals surface area contributed by atoms with Crippen molar-refractivity contribution in [3.8, 4) is 16.2 Å². The summed E-state index contributed by atoms with van der Waals surface area (Å²) in [6, 6.07) is 23.4. The van der Waals surface area contributed by atoms with Crippen molar-refractivity contribution in [1.29, 1.82) is 0 Å². The van der Waals surface area contributed by atoms with Crippen LogP contribution in [-0.2, 0) is 25.7 Å². The van der Waals surface area contributed by atoms with Crippen molar-refractivity contribution in [1.82, 2.24) is 25.8 Å². The first-order valence-corrected chi connectivity index (χ1v) is 23.8. The van der Waals surface area contributed by atoms with Crippen molar-refractivity contribution in [2.24, 2.45) is 5.41 Å². The molecule has 4 N–H and O–H groups in total. The number of fused-ring (bicyclic) bond motifs is 1. The van der Waals surface area contributed by atoms with Crippen LogP contribution in [0.1, 0.15) is 118 Å². The van der Waals surface area contributed by atoms with E-state index in [0.717, 1.165) is 50.0 Å². The molecule has 12 nitrogen and oxygen atoms in total. The van der Waals surface area contributed by atoms with E-state index in [0.29, 0.717) is 62.3 Å². The second-order valence-corrected chi connectivity index (χ2v) is 19.6. The SMILES string of the molecule is Cc1ccc(NC(=O)CCCCCOc2cc(-c3scnc3C)ccc2CNC(=O)C2CCCN2C(=O)C(NC(=O)C2(F)CC2)C(C)(C)C)cc1C(=O)NC(C)c1cccc2ccccc12. The van der Waals surface area contributed by atoms with Gasteiger partial charge in [-0.2, -0.15) is 0 Å². The number of halogens is 1. The van der Waals surface area contributed by atoms with E-state index < -0.39 is 35.0 Å². The van der Waals surface area contributed by atoms with Gasteiger partial charge in [-0.25, -0.2) is 9.37 Å². The summed E-state index contributed by atoms with van der Waals surface area (Å²) in [6.45, 7) is 12.1. The highest BCUT2D eigenvalue weighted by molar-refractivity contribution is 7.13. The molecular formula is C52H61FN6O6S. The Morgan fingerprint density at radius 3 is 2.45 bits per heavy atom. The number of rotatable bonds is 18. The second kappa shape index (κ2) is 20.6. The Kier molecular flexibility index (Phi) is 14.9. The molecule has 1 saturated heterocycles. The van der Waals surface area contributed by atoms with Crippen molar-refractivity contribution in [3.05, 3.63) is 112 Å². The molecule has 1 saturated carbocycles. The molecule has 14 heteroatoms. The third-order valence-corrected chi connectivity index (χ3v) is 13.5. The van der Waals surface area contributed by atoms with Crippen LogP contribution in [0.4, 0.5) is 10.1 Å². The van der Waals surface area contributed by atoms with Crippen LogP contribution in [0.5, 0.6) is 5.75 Å². The van der Waals surface area contributed by atoms with Gasteiger partial charge in [-0.15, -0.1) is 11.3 Å². The second-order valence-electron chi connectivity index (χ2n) is 18.7. The first kappa shape index (κ1) is 47.8. The van der Waals surface area contributed by atoms with Gasteiger partial charge in [0.05, 0.1) is 28.7 Å². The minimum absolute atomic E-state index is 0.142. The summed E-state index contributed by atoms with van der Waals surface area (Å²) in [5.41, 5.74) is 4.66. The van der Waals surface area contributed by atoms with Crippen LogP contribution in [0.3, 0.4) is 0 Å². The Bertz CT molecular complexity index is 2600. The first-order valence-electron chi connectivity index (χ1n) is 23.0. The van der Waals surface area contributed by atoms with E-state index in [4.69, 9.17) is 4.74 Å². The summed E-state index contributed by atoms with van der Waals surface area (Å²) in [5, 5.41) is 14.0. The lowest BCUT2D eigenvalue weighted by atomic mass is 9.85. The smallest absolute Gasteiger partial charge is 0.258 e. The zero-order valence-corrected chi connectivity index (χ0v) is 39.5. The molecule has 5 amide bonds. The summed E-state index contributed by atoms with van der Waals surface area (Å²) in [7, 11) is 0. The number of carbonyl (C=O) groups excluding carboxylic acids is 5. The van der Waals surface area contributed by atoms with Gasteiger partial charge in [-0.3, -0.25) is 24.0 Å². The number of aryl methyl sites for hydroxylation is 2. The minimum atomic E-state index is -1.92. The normalized spacial score (nSPS) is 16.3. The Hall–Kier alpha value is -6.15. The lowest BCUT2D eigenvalue weighted by molar-refractivity contribution is -0.144. The van der Waals surface area contributed by atoms with E-state index in [-0.39, 0.29) is 43.1 Å². The van der Waals surface area contributed by atoms with Crippen molar-refractivity contribution in [2.45, 2.75) is 123 Å². The molecule has 2 heterocycles. The fourth-order valence-electron chi connectivity index (χ4n) is 8.46. The summed E-state index contributed by atoms with van der Waals surface area (Å²) >= 11 is 1.53. The van der Waals surface area contributed by atoms with Gasteiger partial charge in [-0.05, 0) is 117 Å². The number of aromatic nitrogens is 1. The average Bonchev–Trinajstić information content (AvgIpc) is 3.62. The van der Waals surface area contributed by atoms with Crippen molar-refractivity contribution < 1.29 is 33.1 Å². The summed E-state index contributed by atoms with van der Waals surface area (Å²) < 4.78 is 21.0. The highest BCUT2D eigenvalue weighted by Crippen LogP contribution is 2.40. The molecule has 3 unspecified atom stereocenters. The van der Waals surface area contributed by atoms with Crippen LogP contribution < -0.4 is 26.0 Å². The van der Waals surface area contributed by atoms with E-state index in [9.17, 15) is 28.4 Å². The molecule has 5 aromatic rings. The number of hydrogen-bond donors (Lipinski definition) is 4.